The first-order chi connectivity index (χ1) is 6.70. The van der Waals surface area contributed by atoms with Gasteiger partial charge in [0.1, 0.15) is 0 Å². The molecule has 14 heavy (non-hydrogen) atoms. The third-order valence-corrected chi connectivity index (χ3v) is 2.29. The second-order valence-corrected chi connectivity index (χ2v) is 4.25. The minimum Gasteiger partial charge on any atom is -0.309 e. The summed E-state index contributed by atoms with van der Waals surface area (Å²) in [5, 5.41) is 3.17. The average molecular weight is 303 g/mol. The number of rotatable bonds is 6. The minimum absolute atomic E-state index is 0.475. The smallest absolute Gasteiger partial charge is 0.0282 e. The second-order valence-electron chi connectivity index (χ2n) is 3.17. The van der Waals surface area contributed by atoms with Crippen LogP contribution in [0.1, 0.15) is 13.3 Å². The summed E-state index contributed by atoms with van der Waals surface area (Å²) in [7, 11) is 0. The molecule has 0 bridgehead atoms. The van der Waals surface area contributed by atoms with Crippen molar-refractivity contribution in [3.63, 3.8) is 0 Å². The lowest BCUT2D eigenvalue weighted by molar-refractivity contribution is 0.737. The lowest BCUT2D eigenvalue weighted by Gasteiger charge is -2.00. The van der Waals surface area contributed by atoms with Gasteiger partial charge in [-0.1, -0.05) is 54.0 Å². The maximum Gasteiger partial charge on any atom is 0.0282 e. The predicted molar refractivity (Wildman–Crippen MR) is 72.7 cm³/mol. The maximum atomic E-state index is 3.89. The molecule has 0 spiro atoms. The number of hydrogen-bond acceptors (Lipinski definition) is 1. The molecule has 0 heterocycles. The quantitative estimate of drug-likeness (QED) is 0.262. The summed E-state index contributed by atoms with van der Waals surface area (Å²) >= 11 is 2.37. The third kappa shape index (κ3) is 8.33. The van der Waals surface area contributed by atoms with Gasteiger partial charge in [0.15, 0.2) is 0 Å². The molecule has 0 saturated heterocycles. The Labute approximate surface area is 101 Å². The lowest BCUT2D eigenvalue weighted by Crippen LogP contribution is -2.15. The van der Waals surface area contributed by atoms with E-state index in [0.29, 0.717) is 5.92 Å². The fraction of sp³-hybridized carbons (Fsp3) is 0.500. The van der Waals surface area contributed by atoms with Crippen LogP contribution < -0.4 is 5.32 Å². The Morgan fingerprint density at radius 1 is 1.64 bits per heavy atom. The van der Waals surface area contributed by atoms with E-state index in [9.17, 15) is 0 Å². The van der Waals surface area contributed by atoms with Crippen molar-refractivity contribution in [2.75, 3.05) is 17.5 Å². The predicted octanol–water partition coefficient (Wildman–Crippen LogP) is 2.78. The van der Waals surface area contributed by atoms with Crippen LogP contribution in [-0.2, 0) is 0 Å². The Morgan fingerprint density at radius 2 is 2.36 bits per heavy atom. The Morgan fingerprint density at radius 3 is 2.93 bits per heavy atom. The van der Waals surface area contributed by atoms with E-state index in [1.165, 1.54) is 0 Å². The zero-order chi connectivity index (χ0) is 10.8. The molecule has 1 N–H and O–H groups in total. The Hall–Kier alpha value is -0.270. The summed E-state index contributed by atoms with van der Waals surface area (Å²) in [4.78, 5) is 0. The summed E-state index contributed by atoms with van der Waals surface area (Å²) in [6.07, 6.45) is 2.99. The van der Waals surface area contributed by atoms with Gasteiger partial charge in [-0.25, -0.2) is 0 Å². The molecule has 1 nitrogen and oxygen atoms in total. The van der Waals surface area contributed by atoms with Crippen molar-refractivity contribution in [3.8, 4) is 11.8 Å². The van der Waals surface area contributed by atoms with Gasteiger partial charge in [-0.15, -0.1) is 6.58 Å². The summed E-state index contributed by atoms with van der Waals surface area (Å²) in [6, 6.07) is 0. The number of hydrogen-bond donors (Lipinski definition) is 1. The molecule has 0 saturated carbocycles. The van der Waals surface area contributed by atoms with Gasteiger partial charge in [-0.3, -0.25) is 0 Å². The average Bonchev–Trinajstić information content (AvgIpc) is 2.16. The van der Waals surface area contributed by atoms with E-state index in [1.807, 2.05) is 6.08 Å². The first kappa shape index (κ1) is 13.7. The normalized spacial score (nSPS) is 11.3. The highest BCUT2D eigenvalue weighted by Gasteiger charge is 1.94. The molecule has 0 fully saturated rings. The molecule has 78 valence electrons. The lowest BCUT2D eigenvalue weighted by atomic mass is 10.1. The number of halogens is 1. The highest BCUT2D eigenvalue weighted by atomic mass is 127. The summed E-state index contributed by atoms with van der Waals surface area (Å²) < 4.78 is 1.16. The van der Waals surface area contributed by atoms with E-state index in [1.54, 1.807) is 0 Å². The molecular formula is C12H18IN. The van der Waals surface area contributed by atoms with E-state index < -0.39 is 0 Å². The summed E-state index contributed by atoms with van der Waals surface area (Å²) in [5.74, 6) is 6.75. The van der Waals surface area contributed by atoms with E-state index >= 15 is 0 Å². The van der Waals surface area contributed by atoms with E-state index in [-0.39, 0.29) is 0 Å². The Kier molecular flexibility index (Phi) is 9.11. The van der Waals surface area contributed by atoms with Gasteiger partial charge in [0, 0.05) is 29.0 Å². The van der Waals surface area contributed by atoms with Crippen molar-refractivity contribution >= 4 is 22.6 Å². The van der Waals surface area contributed by atoms with Crippen LogP contribution in [0, 0.1) is 17.8 Å². The molecule has 0 aromatic heterocycles. The molecule has 0 aliphatic carbocycles. The number of alkyl halides is 1. The van der Waals surface area contributed by atoms with Crippen LogP contribution in [0.3, 0.4) is 0 Å². The largest absolute Gasteiger partial charge is 0.309 e. The van der Waals surface area contributed by atoms with Crippen LogP contribution in [0.4, 0.5) is 0 Å². The molecule has 0 aromatic rings. The van der Waals surface area contributed by atoms with Crippen molar-refractivity contribution in [1.82, 2.24) is 5.32 Å². The van der Waals surface area contributed by atoms with Crippen LogP contribution in [-0.4, -0.2) is 17.5 Å². The van der Waals surface area contributed by atoms with Gasteiger partial charge < -0.3 is 5.32 Å². The molecule has 0 amide bonds. The molecule has 2 heteroatoms. The molecule has 0 rings (SSSR count). The van der Waals surface area contributed by atoms with Crippen molar-refractivity contribution in [2.24, 2.45) is 5.92 Å². The molecule has 0 radical (unpaired) electrons. The summed E-state index contributed by atoms with van der Waals surface area (Å²) in [6.45, 7) is 11.2. The summed E-state index contributed by atoms with van der Waals surface area (Å²) in [5.41, 5.74) is 0.951. The van der Waals surface area contributed by atoms with Gasteiger partial charge in [-0.05, 0) is 6.42 Å². The monoisotopic (exact) mass is 303 g/mol. The first-order valence-electron chi connectivity index (χ1n) is 4.77. The van der Waals surface area contributed by atoms with Crippen LogP contribution in [0.25, 0.3) is 0 Å². The fourth-order valence-corrected chi connectivity index (χ4v) is 1.76. The standard InChI is InChI=1S/C12H18IN/c1-4-9-14-10-12(3)6-5-11(2)7-8-13/h4,11,14H,1,3,7-10H2,2H3. The first-order valence-corrected chi connectivity index (χ1v) is 6.30. The molecule has 0 aliphatic rings. The highest BCUT2D eigenvalue weighted by molar-refractivity contribution is 14.1. The van der Waals surface area contributed by atoms with E-state index in [2.05, 4.69) is 59.8 Å². The molecule has 0 aromatic carbocycles. The van der Waals surface area contributed by atoms with Crippen LogP contribution in [0.2, 0.25) is 0 Å². The molecule has 1 atom stereocenters. The SMILES string of the molecule is C=CCNCC(=C)C#CC(C)CCI. The van der Waals surface area contributed by atoms with Crippen LogP contribution in [0.15, 0.2) is 24.8 Å². The van der Waals surface area contributed by atoms with E-state index in [0.717, 1.165) is 29.5 Å². The van der Waals surface area contributed by atoms with Crippen LogP contribution in [0.5, 0.6) is 0 Å². The molecular weight excluding hydrogens is 285 g/mol. The zero-order valence-electron chi connectivity index (χ0n) is 8.78. The molecule has 0 aliphatic heterocycles. The van der Waals surface area contributed by atoms with Crippen molar-refractivity contribution in [2.45, 2.75) is 13.3 Å². The van der Waals surface area contributed by atoms with Crippen molar-refractivity contribution in [3.05, 3.63) is 24.8 Å². The molecule has 1 unspecified atom stereocenters. The minimum atomic E-state index is 0.475. The second kappa shape index (κ2) is 9.29. The topological polar surface area (TPSA) is 12.0 Å². The van der Waals surface area contributed by atoms with Gasteiger partial charge >= 0.3 is 0 Å². The van der Waals surface area contributed by atoms with Crippen molar-refractivity contribution in [1.29, 1.82) is 0 Å². The fourth-order valence-electron chi connectivity index (χ4n) is 0.830. The maximum absolute atomic E-state index is 3.89. The van der Waals surface area contributed by atoms with E-state index in [4.69, 9.17) is 0 Å². The highest BCUT2D eigenvalue weighted by Crippen LogP contribution is 2.02. The van der Waals surface area contributed by atoms with Crippen LogP contribution >= 0.6 is 22.6 Å². The van der Waals surface area contributed by atoms with Gasteiger partial charge in [0.25, 0.3) is 0 Å². The van der Waals surface area contributed by atoms with Gasteiger partial charge in [-0.2, -0.15) is 0 Å². The number of nitrogens with one attached hydrogen (secondary N) is 1. The van der Waals surface area contributed by atoms with Gasteiger partial charge in [0.05, 0.1) is 0 Å². The zero-order valence-corrected chi connectivity index (χ0v) is 10.9. The third-order valence-electron chi connectivity index (χ3n) is 1.66. The Balaban J connectivity index is 3.73. The van der Waals surface area contributed by atoms with Gasteiger partial charge in [0.2, 0.25) is 0 Å². The van der Waals surface area contributed by atoms with Crippen molar-refractivity contribution < 1.29 is 0 Å². The Bertz CT molecular complexity index is 234.